The first-order valence-electron chi connectivity index (χ1n) is 6.60. The van der Waals surface area contributed by atoms with Crippen molar-refractivity contribution in [2.75, 3.05) is 5.73 Å². The van der Waals surface area contributed by atoms with Crippen LogP contribution < -0.4 is 5.73 Å². The second kappa shape index (κ2) is 5.35. The normalized spacial score (nSPS) is 24.5. The third-order valence-corrected chi connectivity index (χ3v) is 3.97. The Bertz CT molecular complexity index is 392. The molecule has 0 aromatic heterocycles. The average Bonchev–Trinajstić information content (AvgIpc) is 2.38. The molecule has 0 amide bonds. The van der Waals surface area contributed by atoms with Crippen molar-refractivity contribution in [2.45, 2.75) is 39.0 Å². The molecular weight excluding hydrogens is 210 g/mol. The van der Waals surface area contributed by atoms with Crippen molar-refractivity contribution in [3.63, 3.8) is 0 Å². The molecule has 1 aromatic carbocycles. The molecule has 1 aliphatic rings. The molecule has 1 fully saturated rings. The zero-order chi connectivity index (χ0) is 12.3. The van der Waals surface area contributed by atoms with Crippen LogP contribution >= 0.6 is 0 Å². The number of rotatable bonds is 3. The molecule has 0 atom stereocenters. The standard InChI is InChI=1S/C15H21NO/c1-2-11-6-8-12(9-7-11)15(17)13-4-3-5-14(16)10-13/h3-5,10-12H,2,6-9,16H2,1H3. The van der Waals surface area contributed by atoms with E-state index >= 15 is 0 Å². The Morgan fingerprint density at radius 3 is 2.59 bits per heavy atom. The fourth-order valence-corrected chi connectivity index (χ4v) is 2.76. The van der Waals surface area contributed by atoms with Gasteiger partial charge in [-0.15, -0.1) is 0 Å². The van der Waals surface area contributed by atoms with Gasteiger partial charge >= 0.3 is 0 Å². The third-order valence-electron chi connectivity index (χ3n) is 3.97. The van der Waals surface area contributed by atoms with E-state index in [1.165, 1.54) is 19.3 Å². The Kier molecular flexibility index (Phi) is 3.82. The molecule has 1 saturated carbocycles. The van der Waals surface area contributed by atoms with Crippen LogP contribution in [0.1, 0.15) is 49.4 Å². The number of ketones is 1. The van der Waals surface area contributed by atoms with Crippen LogP contribution in [0.5, 0.6) is 0 Å². The van der Waals surface area contributed by atoms with Crippen LogP contribution in [-0.4, -0.2) is 5.78 Å². The summed E-state index contributed by atoms with van der Waals surface area (Å²) in [6.45, 7) is 2.24. The van der Waals surface area contributed by atoms with E-state index < -0.39 is 0 Å². The largest absolute Gasteiger partial charge is 0.399 e. The van der Waals surface area contributed by atoms with E-state index in [9.17, 15) is 4.79 Å². The summed E-state index contributed by atoms with van der Waals surface area (Å²) in [4.78, 5) is 12.3. The zero-order valence-corrected chi connectivity index (χ0v) is 10.5. The monoisotopic (exact) mass is 231 g/mol. The minimum Gasteiger partial charge on any atom is -0.399 e. The molecule has 1 aromatic rings. The van der Waals surface area contributed by atoms with Crippen LogP contribution in [-0.2, 0) is 0 Å². The summed E-state index contributed by atoms with van der Waals surface area (Å²) < 4.78 is 0. The lowest BCUT2D eigenvalue weighted by Gasteiger charge is -2.26. The van der Waals surface area contributed by atoms with Gasteiger partial charge in [0.2, 0.25) is 0 Å². The van der Waals surface area contributed by atoms with Crippen LogP contribution in [0.25, 0.3) is 0 Å². The lowest BCUT2D eigenvalue weighted by Crippen LogP contribution is -2.21. The maximum absolute atomic E-state index is 12.3. The summed E-state index contributed by atoms with van der Waals surface area (Å²) in [5.41, 5.74) is 7.18. The van der Waals surface area contributed by atoms with Crippen LogP contribution in [0, 0.1) is 11.8 Å². The van der Waals surface area contributed by atoms with Gasteiger partial charge in [0.05, 0.1) is 0 Å². The quantitative estimate of drug-likeness (QED) is 0.637. The molecule has 2 N–H and O–H groups in total. The maximum Gasteiger partial charge on any atom is 0.166 e. The number of hydrogen-bond acceptors (Lipinski definition) is 2. The highest BCUT2D eigenvalue weighted by molar-refractivity contribution is 5.98. The van der Waals surface area contributed by atoms with Crippen LogP contribution in [0.2, 0.25) is 0 Å². The van der Waals surface area contributed by atoms with Crippen LogP contribution in [0.15, 0.2) is 24.3 Å². The van der Waals surface area contributed by atoms with E-state index in [4.69, 9.17) is 5.73 Å². The van der Waals surface area contributed by atoms with Crippen molar-refractivity contribution in [2.24, 2.45) is 11.8 Å². The second-order valence-corrected chi connectivity index (χ2v) is 5.12. The number of nitrogens with two attached hydrogens (primary N) is 1. The highest BCUT2D eigenvalue weighted by Gasteiger charge is 2.26. The lowest BCUT2D eigenvalue weighted by molar-refractivity contribution is 0.0871. The van der Waals surface area contributed by atoms with Crippen molar-refractivity contribution >= 4 is 11.5 Å². The van der Waals surface area contributed by atoms with Gasteiger partial charge in [-0.25, -0.2) is 0 Å². The number of benzene rings is 1. The number of Topliss-reactive ketones (excluding diaryl/α,β-unsaturated/α-hetero) is 1. The molecule has 0 saturated heterocycles. The van der Waals surface area contributed by atoms with Gasteiger partial charge in [-0.1, -0.05) is 25.5 Å². The van der Waals surface area contributed by atoms with E-state index in [-0.39, 0.29) is 11.7 Å². The molecule has 2 nitrogen and oxygen atoms in total. The Hall–Kier alpha value is -1.31. The lowest BCUT2D eigenvalue weighted by atomic mass is 9.78. The maximum atomic E-state index is 12.3. The van der Waals surface area contributed by atoms with Crippen LogP contribution in [0.3, 0.4) is 0 Å². The Balaban J connectivity index is 2.02. The molecule has 0 radical (unpaired) electrons. The first-order chi connectivity index (χ1) is 8.20. The summed E-state index contributed by atoms with van der Waals surface area (Å²) in [6.07, 6.45) is 5.75. The van der Waals surface area contributed by atoms with E-state index in [1.807, 2.05) is 18.2 Å². The molecule has 2 heteroatoms. The topological polar surface area (TPSA) is 43.1 Å². The number of hydrogen-bond donors (Lipinski definition) is 1. The van der Waals surface area contributed by atoms with Crippen molar-refractivity contribution in [3.05, 3.63) is 29.8 Å². The molecule has 0 bridgehead atoms. The Labute approximate surface area is 103 Å². The van der Waals surface area contributed by atoms with Gasteiger partial charge in [-0.3, -0.25) is 4.79 Å². The zero-order valence-electron chi connectivity index (χ0n) is 10.5. The highest BCUT2D eigenvalue weighted by Crippen LogP contribution is 2.32. The summed E-state index contributed by atoms with van der Waals surface area (Å²) >= 11 is 0. The molecule has 92 valence electrons. The Morgan fingerprint density at radius 1 is 1.29 bits per heavy atom. The predicted octanol–water partition coefficient (Wildman–Crippen LogP) is 3.67. The molecule has 0 unspecified atom stereocenters. The average molecular weight is 231 g/mol. The SMILES string of the molecule is CCC1CCC(C(=O)c2cccc(N)c2)CC1. The molecule has 2 rings (SSSR count). The molecular formula is C15H21NO. The first-order valence-corrected chi connectivity index (χ1v) is 6.60. The van der Waals surface area contributed by atoms with Crippen molar-refractivity contribution in [1.29, 1.82) is 0 Å². The third kappa shape index (κ3) is 2.87. The minimum atomic E-state index is 0.222. The fraction of sp³-hybridized carbons (Fsp3) is 0.533. The summed E-state index contributed by atoms with van der Waals surface area (Å²) in [7, 11) is 0. The van der Waals surface area contributed by atoms with Crippen molar-refractivity contribution in [3.8, 4) is 0 Å². The molecule has 17 heavy (non-hydrogen) atoms. The molecule has 0 heterocycles. The van der Waals surface area contributed by atoms with E-state index in [2.05, 4.69) is 6.92 Å². The van der Waals surface area contributed by atoms with Gasteiger partial charge in [0.25, 0.3) is 0 Å². The molecule has 0 aliphatic heterocycles. The summed E-state index contributed by atoms with van der Waals surface area (Å²) in [6, 6.07) is 7.36. The van der Waals surface area contributed by atoms with Crippen molar-refractivity contribution < 1.29 is 4.79 Å². The van der Waals surface area contributed by atoms with Gasteiger partial charge in [0, 0.05) is 17.2 Å². The van der Waals surface area contributed by atoms with Gasteiger partial charge < -0.3 is 5.73 Å². The summed E-state index contributed by atoms with van der Waals surface area (Å²) in [5, 5.41) is 0. The Morgan fingerprint density at radius 2 is 2.00 bits per heavy atom. The summed E-state index contributed by atoms with van der Waals surface area (Å²) in [5.74, 6) is 1.34. The minimum absolute atomic E-state index is 0.222. The number of anilines is 1. The highest BCUT2D eigenvalue weighted by atomic mass is 16.1. The smallest absolute Gasteiger partial charge is 0.166 e. The second-order valence-electron chi connectivity index (χ2n) is 5.12. The van der Waals surface area contributed by atoms with E-state index in [0.717, 1.165) is 24.3 Å². The van der Waals surface area contributed by atoms with E-state index in [1.54, 1.807) is 6.07 Å². The van der Waals surface area contributed by atoms with Gasteiger partial charge in [0.1, 0.15) is 0 Å². The van der Waals surface area contributed by atoms with Gasteiger partial charge in [0.15, 0.2) is 5.78 Å². The van der Waals surface area contributed by atoms with Gasteiger partial charge in [-0.2, -0.15) is 0 Å². The van der Waals surface area contributed by atoms with Gasteiger partial charge in [-0.05, 0) is 43.7 Å². The number of carbonyl (C=O) groups excluding carboxylic acids is 1. The van der Waals surface area contributed by atoms with E-state index in [0.29, 0.717) is 5.69 Å². The predicted molar refractivity (Wildman–Crippen MR) is 70.9 cm³/mol. The number of carbonyl (C=O) groups is 1. The molecule has 0 spiro atoms. The molecule has 1 aliphatic carbocycles. The first kappa shape index (κ1) is 12.2. The van der Waals surface area contributed by atoms with Crippen molar-refractivity contribution in [1.82, 2.24) is 0 Å². The fourth-order valence-electron chi connectivity index (χ4n) is 2.76. The van der Waals surface area contributed by atoms with Crippen LogP contribution in [0.4, 0.5) is 5.69 Å². The number of nitrogen functional groups attached to an aromatic ring is 1.